The summed E-state index contributed by atoms with van der Waals surface area (Å²) in [5.74, 6) is 0.512. The summed E-state index contributed by atoms with van der Waals surface area (Å²) < 4.78 is 0. The molecule has 3 aliphatic heterocycles. The fraction of sp³-hybridized carbons (Fsp3) is 0.381. The molecule has 0 spiro atoms. The summed E-state index contributed by atoms with van der Waals surface area (Å²) in [6, 6.07) is 13.6. The van der Waals surface area contributed by atoms with Crippen LogP contribution in [0.2, 0.25) is 0 Å². The summed E-state index contributed by atoms with van der Waals surface area (Å²) in [6.07, 6.45) is -0.504. The molecule has 2 atom stereocenters. The molecule has 2 saturated heterocycles. The largest absolute Gasteiger partial charge is 0.340 e. The minimum atomic E-state index is -0.526. The fourth-order valence-corrected chi connectivity index (χ4v) is 4.42. The normalized spacial score (nSPS) is 24.6. The average molecular weight is 392 g/mol. The predicted octanol–water partition coefficient (Wildman–Crippen LogP) is 0.793. The van der Waals surface area contributed by atoms with Crippen LogP contribution in [0.4, 0.5) is 4.79 Å². The zero-order chi connectivity index (χ0) is 20.0. The number of carbonyl (C=O) groups excluding carboxylic acids is 2. The lowest BCUT2D eigenvalue weighted by Crippen LogP contribution is -2.64. The Balaban J connectivity index is 1.55. The first-order valence-corrected chi connectivity index (χ1v) is 9.98. The molecule has 2 aromatic rings. The number of likely N-dealkylation sites (N-methyl/N-ethyl adjacent to an activating group) is 1. The number of carbonyl (C=O) groups is 2. The van der Waals surface area contributed by atoms with Crippen molar-refractivity contribution in [1.82, 2.24) is 25.3 Å². The molecule has 0 aliphatic carbocycles. The topological polar surface area (TPSA) is 80.3 Å². The number of rotatable bonds is 2. The summed E-state index contributed by atoms with van der Waals surface area (Å²) >= 11 is 0. The molecule has 8 nitrogen and oxygen atoms in total. The number of imide groups is 1. The van der Waals surface area contributed by atoms with Crippen molar-refractivity contribution in [2.24, 2.45) is 4.99 Å². The van der Waals surface area contributed by atoms with E-state index in [2.05, 4.69) is 44.7 Å². The number of nitrogens with one attached hydrogen (secondary N) is 2. The van der Waals surface area contributed by atoms with E-state index in [1.165, 1.54) is 15.7 Å². The minimum absolute atomic E-state index is 0.285. The predicted molar refractivity (Wildman–Crippen MR) is 110 cm³/mol. The van der Waals surface area contributed by atoms with Gasteiger partial charge in [0.15, 0.2) is 18.2 Å². The highest BCUT2D eigenvalue weighted by molar-refractivity contribution is 6.03. The summed E-state index contributed by atoms with van der Waals surface area (Å²) in [5, 5.41) is 8.17. The molecule has 150 valence electrons. The standard InChI is InChI=1S/C21H24N6O2/c1-25-18-17(19(28)24-21(25)29)27(20(23-18)26-11-9-22-10-12-26)13-15-7-4-6-14-5-2-3-8-16(14)15/h2-8,17-18,22H,9-13H2,1H3,(H,24,28,29). The first-order chi connectivity index (χ1) is 14.1. The molecule has 2 fully saturated rings. The molecular formula is C21H24N6O2. The lowest BCUT2D eigenvalue weighted by Gasteiger charge is -2.38. The van der Waals surface area contributed by atoms with Gasteiger partial charge in [-0.15, -0.1) is 0 Å². The van der Waals surface area contributed by atoms with Gasteiger partial charge in [0, 0.05) is 39.8 Å². The first-order valence-electron chi connectivity index (χ1n) is 9.98. The second kappa shape index (κ2) is 7.04. The van der Waals surface area contributed by atoms with E-state index in [4.69, 9.17) is 4.99 Å². The van der Waals surface area contributed by atoms with E-state index in [0.717, 1.165) is 37.7 Å². The van der Waals surface area contributed by atoms with Crippen LogP contribution in [0.3, 0.4) is 0 Å². The molecule has 3 heterocycles. The molecule has 5 rings (SSSR count). The Morgan fingerprint density at radius 1 is 1.07 bits per heavy atom. The van der Waals surface area contributed by atoms with Crippen molar-refractivity contribution in [3.8, 4) is 0 Å². The molecule has 3 aliphatic rings. The van der Waals surface area contributed by atoms with Crippen molar-refractivity contribution in [2.75, 3.05) is 33.2 Å². The molecule has 0 aromatic heterocycles. The van der Waals surface area contributed by atoms with E-state index in [0.29, 0.717) is 6.54 Å². The van der Waals surface area contributed by atoms with Crippen LogP contribution >= 0.6 is 0 Å². The molecule has 8 heteroatoms. The summed E-state index contributed by atoms with van der Waals surface area (Å²) in [5.41, 5.74) is 1.14. The van der Waals surface area contributed by atoms with Gasteiger partial charge in [-0.05, 0) is 16.3 Å². The number of benzene rings is 2. The molecule has 29 heavy (non-hydrogen) atoms. The van der Waals surface area contributed by atoms with Gasteiger partial charge in [-0.3, -0.25) is 10.1 Å². The Hall–Kier alpha value is -3.13. The number of fused-ring (bicyclic) bond motifs is 2. The van der Waals surface area contributed by atoms with Gasteiger partial charge in [0.2, 0.25) is 0 Å². The second-order valence-corrected chi connectivity index (χ2v) is 7.70. The quantitative estimate of drug-likeness (QED) is 0.790. The first kappa shape index (κ1) is 17.9. The van der Waals surface area contributed by atoms with Crippen molar-refractivity contribution < 1.29 is 9.59 Å². The molecule has 2 N–H and O–H groups in total. The van der Waals surface area contributed by atoms with Crippen molar-refractivity contribution in [3.63, 3.8) is 0 Å². The molecular weight excluding hydrogens is 368 g/mol. The Morgan fingerprint density at radius 2 is 1.83 bits per heavy atom. The number of piperazine rings is 1. The lowest BCUT2D eigenvalue weighted by molar-refractivity contribution is -0.127. The Bertz CT molecular complexity index is 994. The number of urea groups is 1. The smallest absolute Gasteiger partial charge is 0.325 e. The zero-order valence-electron chi connectivity index (χ0n) is 16.3. The molecule has 0 radical (unpaired) electrons. The van der Waals surface area contributed by atoms with Gasteiger partial charge in [-0.1, -0.05) is 42.5 Å². The van der Waals surface area contributed by atoms with E-state index in [1.54, 1.807) is 7.05 Å². The van der Waals surface area contributed by atoms with Crippen LogP contribution in [0.25, 0.3) is 10.8 Å². The van der Waals surface area contributed by atoms with Crippen LogP contribution in [0.1, 0.15) is 5.56 Å². The number of hydrogen-bond donors (Lipinski definition) is 2. The summed E-state index contributed by atoms with van der Waals surface area (Å²) in [6.45, 7) is 3.95. The molecule has 3 amide bonds. The third-order valence-electron chi connectivity index (χ3n) is 5.96. The van der Waals surface area contributed by atoms with Crippen molar-refractivity contribution in [1.29, 1.82) is 0 Å². The maximum atomic E-state index is 12.8. The second-order valence-electron chi connectivity index (χ2n) is 7.70. The van der Waals surface area contributed by atoms with Gasteiger partial charge >= 0.3 is 6.03 Å². The Labute approximate surface area is 169 Å². The van der Waals surface area contributed by atoms with Gasteiger partial charge < -0.3 is 20.0 Å². The number of guanidine groups is 1. The van der Waals surface area contributed by atoms with E-state index >= 15 is 0 Å². The fourth-order valence-electron chi connectivity index (χ4n) is 4.42. The van der Waals surface area contributed by atoms with E-state index in [1.807, 2.05) is 18.2 Å². The van der Waals surface area contributed by atoms with Crippen LogP contribution in [-0.4, -0.2) is 78.0 Å². The minimum Gasteiger partial charge on any atom is -0.340 e. The SMILES string of the molecule is CN1C(=O)NC(=O)C2C1N=C(N1CCNCC1)N2Cc1cccc2ccccc12. The van der Waals surface area contributed by atoms with E-state index < -0.39 is 18.2 Å². The Kier molecular flexibility index (Phi) is 4.35. The summed E-state index contributed by atoms with van der Waals surface area (Å²) in [4.78, 5) is 35.6. The molecule has 0 bridgehead atoms. The zero-order valence-corrected chi connectivity index (χ0v) is 16.3. The third kappa shape index (κ3) is 3.00. The molecule has 0 saturated carbocycles. The monoisotopic (exact) mass is 392 g/mol. The number of hydrogen-bond acceptors (Lipinski definition) is 6. The summed E-state index contributed by atoms with van der Waals surface area (Å²) in [7, 11) is 1.69. The highest BCUT2D eigenvalue weighted by Crippen LogP contribution is 2.29. The van der Waals surface area contributed by atoms with Gasteiger partial charge in [0.25, 0.3) is 5.91 Å². The number of nitrogens with zero attached hydrogens (tertiary/aromatic N) is 4. The van der Waals surface area contributed by atoms with E-state index in [-0.39, 0.29) is 5.91 Å². The number of amides is 3. The van der Waals surface area contributed by atoms with Gasteiger partial charge in [0.1, 0.15) is 0 Å². The average Bonchev–Trinajstić information content (AvgIpc) is 3.13. The third-order valence-corrected chi connectivity index (χ3v) is 5.96. The highest BCUT2D eigenvalue weighted by Gasteiger charge is 2.49. The van der Waals surface area contributed by atoms with Crippen LogP contribution in [0, 0.1) is 0 Å². The van der Waals surface area contributed by atoms with Gasteiger partial charge in [-0.25, -0.2) is 9.79 Å². The molecule has 2 aromatic carbocycles. The van der Waals surface area contributed by atoms with Crippen LogP contribution in [0.5, 0.6) is 0 Å². The van der Waals surface area contributed by atoms with Crippen LogP contribution in [0.15, 0.2) is 47.5 Å². The van der Waals surface area contributed by atoms with Gasteiger partial charge in [-0.2, -0.15) is 0 Å². The maximum absolute atomic E-state index is 12.8. The van der Waals surface area contributed by atoms with Crippen LogP contribution < -0.4 is 10.6 Å². The van der Waals surface area contributed by atoms with E-state index in [9.17, 15) is 9.59 Å². The van der Waals surface area contributed by atoms with Crippen molar-refractivity contribution >= 4 is 28.7 Å². The highest BCUT2D eigenvalue weighted by atomic mass is 16.2. The maximum Gasteiger partial charge on any atom is 0.325 e. The Morgan fingerprint density at radius 3 is 2.66 bits per heavy atom. The van der Waals surface area contributed by atoms with Gasteiger partial charge in [0.05, 0.1) is 0 Å². The van der Waals surface area contributed by atoms with Crippen LogP contribution in [-0.2, 0) is 11.3 Å². The number of aliphatic imine (C=N–C) groups is 1. The van der Waals surface area contributed by atoms with Crippen molar-refractivity contribution in [2.45, 2.75) is 18.8 Å². The lowest BCUT2D eigenvalue weighted by atomic mass is 10.0. The van der Waals surface area contributed by atoms with Crippen molar-refractivity contribution in [3.05, 3.63) is 48.0 Å². The molecule has 2 unspecified atom stereocenters.